The topological polar surface area (TPSA) is 49.6 Å². The number of halogens is 1. The third-order valence-electron chi connectivity index (χ3n) is 4.29. The van der Waals surface area contributed by atoms with Crippen LogP contribution in [0.2, 0.25) is 0 Å². The first-order valence-corrected chi connectivity index (χ1v) is 7.67. The van der Waals surface area contributed by atoms with Crippen LogP contribution in [0.15, 0.2) is 16.6 Å². The molecule has 110 valence electrons. The lowest BCUT2D eigenvalue weighted by atomic mass is 10.0. The molecule has 0 aliphatic carbocycles. The molecule has 1 saturated heterocycles. The zero-order valence-corrected chi connectivity index (χ0v) is 14.1. The molecule has 1 amide bonds. The predicted octanol–water partition coefficient (Wildman–Crippen LogP) is 2.50. The molecule has 2 N–H and O–H groups in total. The molecule has 1 aromatic carbocycles. The zero-order chi connectivity index (χ0) is 15.0. The summed E-state index contributed by atoms with van der Waals surface area (Å²) in [6.07, 6.45) is 0. The molecule has 0 radical (unpaired) electrons. The lowest BCUT2D eigenvalue weighted by Crippen LogP contribution is -2.56. The van der Waals surface area contributed by atoms with Crippen molar-refractivity contribution >= 4 is 27.5 Å². The van der Waals surface area contributed by atoms with E-state index in [1.54, 1.807) is 0 Å². The molecule has 2 unspecified atom stereocenters. The van der Waals surface area contributed by atoms with E-state index in [4.69, 9.17) is 5.73 Å². The number of nitrogens with two attached hydrogens (primary N) is 1. The number of nitrogens with zero attached hydrogens (tertiary/aromatic N) is 2. The maximum atomic E-state index is 12.8. The van der Waals surface area contributed by atoms with Gasteiger partial charge in [0.25, 0.3) is 5.91 Å². The summed E-state index contributed by atoms with van der Waals surface area (Å²) < 4.78 is 0.846. The first-order chi connectivity index (χ1) is 9.31. The van der Waals surface area contributed by atoms with Gasteiger partial charge in [0.05, 0.1) is 0 Å². The van der Waals surface area contributed by atoms with Crippen LogP contribution in [-0.2, 0) is 0 Å². The molecule has 0 aromatic heterocycles. The maximum absolute atomic E-state index is 12.8. The number of carbonyl (C=O) groups is 1. The van der Waals surface area contributed by atoms with Crippen LogP contribution in [0.1, 0.15) is 29.8 Å². The van der Waals surface area contributed by atoms with E-state index in [0.29, 0.717) is 23.3 Å². The van der Waals surface area contributed by atoms with E-state index in [1.807, 2.05) is 24.0 Å². The smallest absolute Gasteiger partial charge is 0.254 e. The molecule has 1 aromatic rings. The molecule has 4 nitrogen and oxygen atoms in total. The van der Waals surface area contributed by atoms with Gasteiger partial charge in [-0.25, -0.2) is 0 Å². The summed E-state index contributed by atoms with van der Waals surface area (Å²) in [5.74, 6) is 0.0716. The van der Waals surface area contributed by atoms with Crippen molar-refractivity contribution in [2.45, 2.75) is 32.9 Å². The Morgan fingerprint density at radius 3 is 2.40 bits per heavy atom. The number of hydrogen-bond acceptors (Lipinski definition) is 3. The summed E-state index contributed by atoms with van der Waals surface area (Å²) in [5.41, 5.74) is 8.16. The summed E-state index contributed by atoms with van der Waals surface area (Å²) in [4.78, 5) is 17.0. The van der Waals surface area contributed by atoms with Gasteiger partial charge in [-0.3, -0.25) is 9.69 Å². The highest BCUT2D eigenvalue weighted by molar-refractivity contribution is 9.10. The van der Waals surface area contributed by atoms with Gasteiger partial charge in [-0.05, 0) is 45.5 Å². The number of piperazine rings is 1. The van der Waals surface area contributed by atoms with Crippen LogP contribution in [0.5, 0.6) is 0 Å². The Balaban J connectivity index is 2.28. The van der Waals surface area contributed by atoms with Crippen molar-refractivity contribution in [1.29, 1.82) is 0 Å². The van der Waals surface area contributed by atoms with Gasteiger partial charge in [0.15, 0.2) is 0 Å². The number of amides is 1. The highest BCUT2D eigenvalue weighted by Crippen LogP contribution is 2.25. The maximum Gasteiger partial charge on any atom is 0.254 e. The van der Waals surface area contributed by atoms with Crippen molar-refractivity contribution in [3.8, 4) is 0 Å². The Labute approximate surface area is 129 Å². The Bertz CT molecular complexity index is 520. The van der Waals surface area contributed by atoms with E-state index < -0.39 is 0 Å². The van der Waals surface area contributed by atoms with Crippen LogP contribution in [0, 0.1) is 6.92 Å². The Morgan fingerprint density at radius 1 is 1.30 bits per heavy atom. The Hall–Kier alpha value is -1.07. The largest absolute Gasteiger partial charge is 0.398 e. The average Bonchev–Trinajstić information content (AvgIpc) is 2.38. The van der Waals surface area contributed by atoms with Gasteiger partial charge in [0.1, 0.15) is 0 Å². The van der Waals surface area contributed by atoms with Crippen LogP contribution in [0.25, 0.3) is 0 Å². The van der Waals surface area contributed by atoms with Gasteiger partial charge in [0.2, 0.25) is 0 Å². The van der Waals surface area contributed by atoms with Crippen molar-refractivity contribution in [3.63, 3.8) is 0 Å². The molecular weight excluding hydrogens is 318 g/mol. The molecule has 20 heavy (non-hydrogen) atoms. The number of benzene rings is 1. The van der Waals surface area contributed by atoms with Crippen molar-refractivity contribution in [2.75, 3.05) is 25.9 Å². The molecule has 1 aliphatic rings. The monoisotopic (exact) mass is 339 g/mol. The minimum absolute atomic E-state index is 0.0716. The first kappa shape index (κ1) is 15.3. The molecule has 2 atom stereocenters. The highest BCUT2D eigenvalue weighted by atomic mass is 79.9. The highest BCUT2D eigenvalue weighted by Gasteiger charge is 2.30. The average molecular weight is 340 g/mol. The Kier molecular flexibility index (Phi) is 4.39. The number of likely N-dealkylation sites (N-methyl/N-ethyl adjacent to an activating group) is 1. The van der Waals surface area contributed by atoms with Gasteiger partial charge in [-0.15, -0.1) is 0 Å². The summed E-state index contributed by atoms with van der Waals surface area (Å²) in [6, 6.07) is 4.43. The number of hydrogen-bond donors (Lipinski definition) is 1. The standard InChI is InChI=1S/C15H22BrN3O/c1-9-7-19(8-10(2)18(9)4)15(20)13-5-12(16)6-14(17)11(13)3/h5-6,9-10H,7-8,17H2,1-4H3. The number of rotatable bonds is 1. The SMILES string of the molecule is Cc1c(N)cc(Br)cc1C(=O)N1CC(C)N(C)C(C)C1. The summed E-state index contributed by atoms with van der Waals surface area (Å²) in [7, 11) is 2.11. The number of anilines is 1. The summed E-state index contributed by atoms with van der Waals surface area (Å²) >= 11 is 3.41. The normalized spacial score (nSPS) is 23.9. The van der Waals surface area contributed by atoms with Gasteiger partial charge in [-0.2, -0.15) is 0 Å². The van der Waals surface area contributed by atoms with Crippen molar-refractivity contribution in [2.24, 2.45) is 0 Å². The van der Waals surface area contributed by atoms with Crippen LogP contribution < -0.4 is 5.73 Å². The van der Waals surface area contributed by atoms with E-state index in [9.17, 15) is 4.79 Å². The van der Waals surface area contributed by atoms with E-state index in [-0.39, 0.29) is 5.91 Å². The quantitative estimate of drug-likeness (QED) is 0.799. The van der Waals surface area contributed by atoms with Gasteiger partial charge < -0.3 is 10.6 Å². The van der Waals surface area contributed by atoms with Crippen molar-refractivity contribution < 1.29 is 4.79 Å². The summed E-state index contributed by atoms with van der Waals surface area (Å²) in [5, 5.41) is 0. The van der Waals surface area contributed by atoms with E-state index in [0.717, 1.165) is 23.1 Å². The molecule has 5 heteroatoms. The number of nitrogen functional groups attached to an aromatic ring is 1. The van der Waals surface area contributed by atoms with E-state index in [2.05, 4.69) is 41.7 Å². The number of carbonyl (C=O) groups excluding carboxylic acids is 1. The second-order valence-corrected chi connectivity index (χ2v) is 6.66. The first-order valence-electron chi connectivity index (χ1n) is 6.88. The zero-order valence-electron chi connectivity index (χ0n) is 12.5. The Morgan fingerprint density at radius 2 is 1.85 bits per heavy atom. The molecular formula is C15H22BrN3O. The van der Waals surface area contributed by atoms with Crippen LogP contribution in [0.3, 0.4) is 0 Å². The lowest BCUT2D eigenvalue weighted by molar-refractivity contribution is 0.0413. The van der Waals surface area contributed by atoms with Crippen molar-refractivity contribution in [1.82, 2.24) is 9.80 Å². The van der Waals surface area contributed by atoms with Crippen LogP contribution in [-0.4, -0.2) is 47.9 Å². The van der Waals surface area contributed by atoms with Crippen LogP contribution >= 0.6 is 15.9 Å². The third-order valence-corrected chi connectivity index (χ3v) is 4.75. The second-order valence-electron chi connectivity index (χ2n) is 5.74. The molecule has 0 bridgehead atoms. The fourth-order valence-electron chi connectivity index (χ4n) is 2.66. The molecule has 1 heterocycles. The molecule has 0 spiro atoms. The fraction of sp³-hybridized carbons (Fsp3) is 0.533. The summed E-state index contributed by atoms with van der Waals surface area (Å²) in [6.45, 7) is 7.71. The van der Waals surface area contributed by atoms with Gasteiger partial charge in [-0.1, -0.05) is 15.9 Å². The van der Waals surface area contributed by atoms with Gasteiger partial charge >= 0.3 is 0 Å². The van der Waals surface area contributed by atoms with E-state index in [1.165, 1.54) is 0 Å². The molecule has 1 aliphatic heterocycles. The fourth-order valence-corrected chi connectivity index (χ4v) is 3.14. The molecule has 0 saturated carbocycles. The molecule has 2 rings (SSSR count). The minimum atomic E-state index is 0.0716. The van der Waals surface area contributed by atoms with Crippen LogP contribution in [0.4, 0.5) is 5.69 Å². The van der Waals surface area contributed by atoms with Crippen molar-refractivity contribution in [3.05, 3.63) is 27.7 Å². The minimum Gasteiger partial charge on any atom is -0.398 e. The van der Waals surface area contributed by atoms with E-state index >= 15 is 0 Å². The second kappa shape index (κ2) is 5.74. The third kappa shape index (κ3) is 2.83. The lowest BCUT2D eigenvalue weighted by Gasteiger charge is -2.42. The van der Waals surface area contributed by atoms with Gasteiger partial charge in [0, 0.05) is 40.9 Å². The molecule has 1 fully saturated rings. The predicted molar refractivity (Wildman–Crippen MR) is 85.9 cm³/mol.